The van der Waals surface area contributed by atoms with Crippen LogP contribution >= 0.6 is 0 Å². The van der Waals surface area contributed by atoms with Crippen LogP contribution < -0.4 is 10.0 Å². The highest BCUT2D eigenvalue weighted by Gasteiger charge is 2.36. The van der Waals surface area contributed by atoms with Crippen molar-refractivity contribution in [3.63, 3.8) is 0 Å². The fraction of sp³-hybridized carbons (Fsp3) is 0.588. The van der Waals surface area contributed by atoms with E-state index in [0.29, 0.717) is 13.0 Å². The number of aliphatic hydroxyl groups excluding tert-OH is 1. The third-order valence-corrected chi connectivity index (χ3v) is 5.62. The molecule has 3 unspecified atom stereocenters. The number of carbonyl (C=O) groups is 1. The van der Waals surface area contributed by atoms with E-state index in [1.807, 2.05) is 20.8 Å². The minimum atomic E-state index is -3.82. The summed E-state index contributed by atoms with van der Waals surface area (Å²) < 4.78 is 32.7. The van der Waals surface area contributed by atoms with E-state index in [1.165, 1.54) is 12.1 Å². The van der Waals surface area contributed by atoms with Crippen LogP contribution in [0.15, 0.2) is 35.2 Å². The molecule has 8 heteroatoms. The van der Waals surface area contributed by atoms with Crippen LogP contribution in [0.4, 0.5) is 0 Å². The van der Waals surface area contributed by atoms with Crippen LogP contribution in [0, 0.1) is 11.8 Å². The first-order valence-electron chi connectivity index (χ1n) is 8.38. The zero-order valence-corrected chi connectivity index (χ0v) is 15.5. The Morgan fingerprint density at radius 1 is 1.32 bits per heavy atom. The lowest BCUT2D eigenvalue weighted by Gasteiger charge is -2.24. The van der Waals surface area contributed by atoms with Gasteiger partial charge in [-0.15, -0.1) is 0 Å². The van der Waals surface area contributed by atoms with Gasteiger partial charge in [0.2, 0.25) is 15.9 Å². The van der Waals surface area contributed by atoms with Gasteiger partial charge in [-0.1, -0.05) is 39.0 Å². The number of nitrogens with one attached hydrogen (secondary N) is 2. The molecule has 0 saturated carbocycles. The van der Waals surface area contributed by atoms with Gasteiger partial charge in [0.05, 0.1) is 17.5 Å². The SMILES string of the molecule is CC(C)CC(NS(=O)(=O)c1ccccc1)C(=O)N[C@H]1C(C)COC1O. The molecule has 1 aromatic rings. The molecule has 7 nitrogen and oxygen atoms in total. The van der Waals surface area contributed by atoms with Crippen molar-refractivity contribution in [3.05, 3.63) is 30.3 Å². The van der Waals surface area contributed by atoms with Gasteiger partial charge in [0.15, 0.2) is 6.29 Å². The van der Waals surface area contributed by atoms with Gasteiger partial charge in [-0.25, -0.2) is 8.42 Å². The number of hydrogen-bond donors (Lipinski definition) is 3. The zero-order chi connectivity index (χ0) is 18.6. The van der Waals surface area contributed by atoms with Crippen molar-refractivity contribution in [1.82, 2.24) is 10.0 Å². The number of rotatable bonds is 7. The molecular weight excluding hydrogens is 344 g/mol. The fourth-order valence-corrected chi connectivity index (χ4v) is 3.98. The molecule has 1 fully saturated rings. The van der Waals surface area contributed by atoms with Crippen molar-refractivity contribution in [1.29, 1.82) is 0 Å². The van der Waals surface area contributed by atoms with E-state index in [-0.39, 0.29) is 16.7 Å². The normalized spacial score (nSPS) is 25.1. The van der Waals surface area contributed by atoms with Gasteiger partial charge in [-0.2, -0.15) is 4.72 Å². The van der Waals surface area contributed by atoms with Gasteiger partial charge < -0.3 is 15.2 Å². The quantitative estimate of drug-likeness (QED) is 0.660. The number of aliphatic hydroxyl groups is 1. The highest BCUT2D eigenvalue weighted by atomic mass is 32.2. The molecule has 0 spiro atoms. The van der Waals surface area contributed by atoms with Crippen LogP contribution in [-0.4, -0.2) is 44.4 Å². The van der Waals surface area contributed by atoms with Crippen molar-refractivity contribution in [2.24, 2.45) is 11.8 Å². The van der Waals surface area contributed by atoms with Gasteiger partial charge in [0.25, 0.3) is 0 Å². The van der Waals surface area contributed by atoms with E-state index in [1.54, 1.807) is 18.2 Å². The number of benzene rings is 1. The first-order chi connectivity index (χ1) is 11.7. The maximum absolute atomic E-state index is 12.6. The maximum Gasteiger partial charge on any atom is 0.241 e. The first kappa shape index (κ1) is 19.8. The van der Waals surface area contributed by atoms with E-state index >= 15 is 0 Å². The molecule has 0 bridgehead atoms. The molecule has 0 radical (unpaired) electrons. The topological polar surface area (TPSA) is 105 Å². The van der Waals surface area contributed by atoms with Crippen LogP contribution in [0.25, 0.3) is 0 Å². The minimum absolute atomic E-state index is 0.0515. The highest BCUT2D eigenvalue weighted by molar-refractivity contribution is 7.89. The predicted molar refractivity (Wildman–Crippen MR) is 93.1 cm³/mol. The second-order valence-electron chi connectivity index (χ2n) is 6.85. The van der Waals surface area contributed by atoms with Crippen LogP contribution in [0.3, 0.4) is 0 Å². The predicted octanol–water partition coefficient (Wildman–Crippen LogP) is 0.849. The third-order valence-electron chi connectivity index (χ3n) is 4.13. The number of amides is 1. The first-order valence-corrected chi connectivity index (χ1v) is 9.86. The molecule has 1 aliphatic rings. The van der Waals surface area contributed by atoms with Crippen molar-refractivity contribution < 1.29 is 23.1 Å². The summed E-state index contributed by atoms with van der Waals surface area (Å²) in [6.45, 7) is 6.02. The molecule has 1 aromatic carbocycles. The van der Waals surface area contributed by atoms with Gasteiger partial charge in [-0.3, -0.25) is 4.79 Å². The molecule has 4 atom stereocenters. The Hall–Kier alpha value is -1.48. The Bertz CT molecular complexity index is 668. The molecule has 1 aliphatic heterocycles. The van der Waals surface area contributed by atoms with Gasteiger partial charge in [0.1, 0.15) is 6.04 Å². The minimum Gasteiger partial charge on any atom is -0.366 e. The van der Waals surface area contributed by atoms with Crippen molar-refractivity contribution in [2.75, 3.05) is 6.61 Å². The number of ether oxygens (including phenoxy) is 1. The van der Waals surface area contributed by atoms with E-state index in [4.69, 9.17) is 4.74 Å². The van der Waals surface area contributed by atoms with Gasteiger partial charge >= 0.3 is 0 Å². The Balaban J connectivity index is 2.14. The number of sulfonamides is 1. The molecule has 3 N–H and O–H groups in total. The summed E-state index contributed by atoms with van der Waals surface area (Å²) in [5.41, 5.74) is 0. The van der Waals surface area contributed by atoms with Crippen LogP contribution in [-0.2, 0) is 19.6 Å². The lowest BCUT2D eigenvalue weighted by Crippen LogP contribution is -2.53. The fourth-order valence-electron chi connectivity index (χ4n) is 2.75. The number of carbonyl (C=O) groups excluding carboxylic acids is 1. The maximum atomic E-state index is 12.6. The van der Waals surface area contributed by atoms with Crippen molar-refractivity contribution in [2.45, 2.75) is 50.5 Å². The van der Waals surface area contributed by atoms with Gasteiger partial charge in [-0.05, 0) is 24.5 Å². The van der Waals surface area contributed by atoms with E-state index in [9.17, 15) is 18.3 Å². The molecule has 0 aromatic heterocycles. The molecule has 1 amide bonds. The molecule has 1 saturated heterocycles. The molecule has 0 aliphatic carbocycles. The summed E-state index contributed by atoms with van der Waals surface area (Å²) in [7, 11) is -3.82. The monoisotopic (exact) mass is 370 g/mol. The zero-order valence-electron chi connectivity index (χ0n) is 14.7. The van der Waals surface area contributed by atoms with Crippen LogP contribution in [0.2, 0.25) is 0 Å². The lowest BCUT2D eigenvalue weighted by molar-refractivity contribution is -0.127. The molecular formula is C17H26N2O5S. The van der Waals surface area contributed by atoms with Crippen LogP contribution in [0.1, 0.15) is 27.2 Å². The standard InChI is InChI=1S/C17H26N2O5S/c1-11(2)9-14(16(20)18-15-12(3)10-24-17(15)21)19-25(22,23)13-7-5-4-6-8-13/h4-8,11-12,14-15,17,19,21H,9-10H2,1-3H3,(H,18,20)/t12?,14?,15-,17?/m0/s1. The van der Waals surface area contributed by atoms with Crippen molar-refractivity contribution >= 4 is 15.9 Å². The Morgan fingerprint density at radius 3 is 2.48 bits per heavy atom. The second kappa shape index (κ2) is 8.27. The van der Waals surface area contributed by atoms with Crippen molar-refractivity contribution in [3.8, 4) is 0 Å². The second-order valence-corrected chi connectivity index (χ2v) is 8.57. The highest BCUT2D eigenvalue weighted by Crippen LogP contribution is 2.19. The summed E-state index contributed by atoms with van der Waals surface area (Å²) in [4.78, 5) is 12.7. The molecule has 140 valence electrons. The largest absolute Gasteiger partial charge is 0.366 e. The van der Waals surface area contributed by atoms with E-state index < -0.39 is 34.3 Å². The van der Waals surface area contributed by atoms with Crippen LogP contribution in [0.5, 0.6) is 0 Å². The average Bonchev–Trinajstić information content (AvgIpc) is 2.86. The summed E-state index contributed by atoms with van der Waals surface area (Å²) in [5, 5.41) is 12.5. The molecule has 25 heavy (non-hydrogen) atoms. The Kier molecular flexibility index (Phi) is 6.56. The molecule has 1 heterocycles. The smallest absolute Gasteiger partial charge is 0.241 e. The third kappa shape index (κ3) is 5.24. The summed E-state index contributed by atoms with van der Waals surface area (Å²) in [6, 6.07) is 6.45. The Morgan fingerprint density at radius 2 is 1.96 bits per heavy atom. The van der Waals surface area contributed by atoms with E-state index in [2.05, 4.69) is 10.0 Å². The molecule has 2 rings (SSSR count). The van der Waals surface area contributed by atoms with E-state index in [0.717, 1.165) is 0 Å². The average molecular weight is 370 g/mol. The summed E-state index contributed by atoms with van der Waals surface area (Å²) in [5.74, 6) is -0.407. The summed E-state index contributed by atoms with van der Waals surface area (Å²) in [6.07, 6.45) is -0.736. The summed E-state index contributed by atoms with van der Waals surface area (Å²) >= 11 is 0. The van der Waals surface area contributed by atoms with Gasteiger partial charge in [0, 0.05) is 5.92 Å². The number of hydrogen-bond acceptors (Lipinski definition) is 5. The lowest BCUT2D eigenvalue weighted by atomic mass is 10.0. The Labute approximate surface area is 148 Å².